The van der Waals surface area contributed by atoms with Crippen molar-refractivity contribution in [2.24, 2.45) is 0 Å². The summed E-state index contributed by atoms with van der Waals surface area (Å²) >= 11 is 5.96. The molecule has 9 heteroatoms. The highest BCUT2D eigenvalue weighted by Crippen LogP contribution is 2.25. The van der Waals surface area contributed by atoms with E-state index in [1.54, 1.807) is 31.2 Å². The molecule has 29 heavy (non-hydrogen) atoms. The summed E-state index contributed by atoms with van der Waals surface area (Å²) in [6.07, 6.45) is 2.08. The molecule has 0 unspecified atom stereocenters. The normalized spacial score (nSPS) is 12.7. The molecule has 0 radical (unpaired) electrons. The van der Waals surface area contributed by atoms with E-state index in [1.165, 1.54) is 6.20 Å². The number of hydrogen-bond acceptors (Lipinski definition) is 4. The van der Waals surface area contributed by atoms with Crippen molar-refractivity contribution in [1.29, 1.82) is 0 Å². The second kappa shape index (κ2) is 8.44. The van der Waals surface area contributed by atoms with Crippen LogP contribution in [0.1, 0.15) is 30.6 Å². The van der Waals surface area contributed by atoms with E-state index in [0.29, 0.717) is 28.0 Å². The molecule has 2 N–H and O–H groups in total. The van der Waals surface area contributed by atoms with E-state index < -0.39 is 21.7 Å². The molecular formula is C20H19ClFN3O3S. The van der Waals surface area contributed by atoms with Crippen LogP contribution in [0, 0.1) is 5.82 Å². The Morgan fingerprint density at radius 1 is 1.21 bits per heavy atom. The molecule has 1 aromatic heterocycles. The molecule has 2 aromatic carbocycles. The molecule has 1 amide bonds. The fourth-order valence-electron chi connectivity index (χ4n) is 2.68. The lowest BCUT2D eigenvalue weighted by atomic mass is 10.1. The van der Waals surface area contributed by atoms with Gasteiger partial charge in [-0.1, -0.05) is 18.5 Å². The number of carbonyl (C=O) groups excluding carboxylic acids is 1. The zero-order chi connectivity index (χ0) is 21.2. The fourth-order valence-corrected chi connectivity index (χ4v) is 4.20. The van der Waals surface area contributed by atoms with Gasteiger partial charge in [-0.15, -0.1) is 0 Å². The largest absolute Gasteiger partial charge is 0.321 e. The first-order valence-corrected chi connectivity index (χ1v) is 10.7. The monoisotopic (exact) mass is 435 g/mol. The summed E-state index contributed by atoms with van der Waals surface area (Å²) in [6, 6.07) is 9.36. The minimum atomic E-state index is -3.88. The lowest BCUT2D eigenvalue weighted by molar-refractivity contribution is 0.102. The van der Waals surface area contributed by atoms with E-state index in [2.05, 4.69) is 15.0 Å². The van der Waals surface area contributed by atoms with E-state index in [-0.39, 0.29) is 16.5 Å². The molecule has 0 aliphatic carbocycles. The number of carbonyl (C=O) groups is 1. The highest BCUT2D eigenvalue weighted by Gasteiger charge is 2.21. The number of benzene rings is 2. The maximum atomic E-state index is 14.3. The van der Waals surface area contributed by atoms with Crippen LogP contribution in [0.25, 0.3) is 10.9 Å². The van der Waals surface area contributed by atoms with Gasteiger partial charge in [-0.3, -0.25) is 9.78 Å². The van der Waals surface area contributed by atoms with Crippen molar-refractivity contribution in [3.8, 4) is 0 Å². The first kappa shape index (κ1) is 21.2. The van der Waals surface area contributed by atoms with Gasteiger partial charge < -0.3 is 5.32 Å². The lowest BCUT2D eigenvalue weighted by Gasteiger charge is -2.13. The standard InChI is InChI=1S/C20H19ClFN3O3S/c1-3-12(2)25-29(27,28)14-5-7-17(22)16(11-14)20(26)24-18-8-9-23-19-10-13(21)4-6-15(18)19/h4-12,25H,3H2,1-2H3,(H,23,24,26)/t12-/m1/s1. The second-order valence-electron chi connectivity index (χ2n) is 6.55. The highest BCUT2D eigenvalue weighted by molar-refractivity contribution is 7.89. The van der Waals surface area contributed by atoms with Crippen LogP contribution < -0.4 is 10.0 Å². The minimum absolute atomic E-state index is 0.185. The Hall–Kier alpha value is -2.55. The first-order valence-electron chi connectivity index (χ1n) is 8.88. The second-order valence-corrected chi connectivity index (χ2v) is 8.70. The predicted molar refractivity (Wildman–Crippen MR) is 111 cm³/mol. The molecule has 152 valence electrons. The Morgan fingerprint density at radius 3 is 2.69 bits per heavy atom. The third-order valence-electron chi connectivity index (χ3n) is 4.41. The molecule has 0 aliphatic rings. The molecule has 6 nitrogen and oxygen atoms in total. The smallest absolute Gasteiger partial charge is 0.258 e. The number of sulfonamides is 1. The number of amides is 1. The van der Waals surface area contributed by atoms with E-state index in [4.69, 9.17) is 11.6 Å². The lowest BCUT2D eigenvalue weighted by Crippen LogP contribution is -2.32. The average Bonchev–Trinajstić information content (AvgIpc) is 2.67. The number of nitrogens with one attached hydrogen (secondary N) is 2. The predicted octanol–water partition coefficient (Wildman–Crippen LogP) is 4.36. The molecule has 1 heterocycles. The Kier molecular flexibility index (Phi) is 6.16. The number of fused-ring (bicyclic) bond motifs is 1. The highest BCUT2D eigenvalue weighted by atomic mass is 35.5. The van der Waals surface area contributed by atoms with Crippen molar-refractivity contribution in [1.82, 2.24) is 9.71 Å². The number of halogens is 2. The maximum Gasteiger partial charge on any atom is 0.258 e. The summed E-state index contributed by atoms with van der Waals surface area (Å²) in [6.45, 7) is 3.55. The first-order chi connectivity index (χ1) is 13.7. The van der Waals surface area contributed by atoms with Gasteiger partial charge >= 0.3 is 0 Å². The van der Waals surface area contributed by atoms with Crippen LogP contribution in [0.2, 0.25) is 5.02 Å². The molecule has 0 bridgehead atoms. The third-order valence-corrected chi connectivity index (χ3v) is 6.24. The van der Waals surface area contributed by atoms with Gasteiger partial charge in [-0.2, -0.15) is 0 Å². The van der Waals surface area contributed by atoms with Crippen LogP contribution in [0.15, 0.2) is 53.6 Å². The summed E-state index contributed by atoms with van der Waals surface area (Å²) in [5.41, 5.74) is 0.586. The maximum absolute atomic E-state index is 14.3. The molecule has 0 spiro atoms. The molecular weight excluding hydrogens is 417 g/mol. The van der Waals surface area contributed by atoms with E-state index in [0.717, 1.165) is 18.2 Å². The fraction of sp³-hybridized carbons (Fsp3) is 0.200. The van der Waals surface area contributed by atoms with Gasteiger partial charge in [0.2, 0.25) is 10.0 Å². The summed E-state index contributed by atoms with van der Waals surface area (Å²) in [5, 5.41) is 3.73. The SMILES string of the molecule is CC[C@@H](C)NS(=O)(=O)c1ccc(F)c(C(=O)Nc2ccnc3cc(Cl)ccc23)c1. The van der Waals surface area contributed by atoms with Gasteiger partial charge in [0.05, 0.1) is 21.7 Å². The molecule has 0 aliphatic heterocycles. The number of nitrogens with zero attached hydrogens (tertiary/aromatic N) is 1. The van der Waals surface area contributed by atoms with Crippen molar-refractivity contribution in [2.45, 2.75) is 31.2 Å². The Balaban J connectivity index is 1.94. The van der Waals surface area contributed by atoms with E-state index >= 15 is 0 Å². The molecule has 0 saturated heterocycles. The zero-order valence-electron chi connectivity index (χ0n) is 15.7. The van der Waals surface area contributed by atoms with E-state index in [1.807, 2.05) is 6.92 Å². The number of pyridine rings is 1. The summed E-state index contributed by atoms with van der Waals surface area (Å²) in [7, 11) is -3.88. The number of anilines is 1. The minimum Gasteiger partial charge on any atom is -0.321 e. The van der Waals surface area contributed by atoms with Gasteiger partial charge in [-0.25, -0.2) is 17.5 Å². The van der Waals surface area contributed by atoms with Crippen LogP contribution >= 0.6 is 11.6 Å². The van der Waals surface area contributed by atoms with E-state index in [9.17, 15) is 17.6 Å². The number of rotatable bonds is 6. The zero-order valence-corrected chi connectivity index (χ0v) is 17.3. The molecule has 3 aromatic rings. The molecule has 1 atom stereocenters. The van der Waals surface area contributed by atoms with Crippen LogP contribution in [0.4, 0.5) is 10.1 Å². The van der Waals surface area contributed by atoms with Crippen LogP contribution in [0.5, 0.6) is 0 Å². The number of hydrogen-bond donors (Lipinski definition) is 2. The third kappa shape index (κ3) is 4.72. The van der Waals surface area contributed by atoms with Gasteiger partial charge in [0.25, 0.3) is 5.91 Å². The number of aromatic nitrogens is 1. The molecule has 0 saturated carbocycles. The van der Waals surface area contributed by atoms with Gasteiger partial charge in [0.15, 0.2) is 0 Å². The Morgan fingerprint density at radius 2 is 1.97 bits per heavy atom. The summed E-state index contributed by atoms with van der Waals surface area (Å²) < 4.78 is 41.7. The topological polar surface area (TPSA) is 88.2 Å². The van der Waals surface area contributed by atoms with Crippen LogP contribution in [0.3, 0.4) is 0 Å². The van der Waals surface area contributed by atoms with Crippen LogP contribution in [-0.2, 0) is 10.0 Å². The van der Waals surface area contributed by atoms with Gasteiger partial charge in [0, 0.05) is 22.6 Å². The molecule has 3 rings (SSSR count). The van der Waals surface area contributed by atoms with Crippen molar-refractivity contribution < 1.29 is 17.6 Å². The quantitative estimate of drug-likeness (QED) is 0.602. The van der Waals surface area contributed by atoms with Gasteiger partial charge in [-0.05, 0) is 55.8 Å². The summed E-state index contributed by atoms with van der Waals surface area (Å²) in [4.78, 5) is 16.7. The van der Waals surface area contributed by atoms with Gasteiger partial charge in [0.1, 0.15) is 5.82 Å². The Labute approximate surface area is 173 Å². The van der Waals surface area contributed by atoms with Crippen molar-refractivity contribution in [3.05, 3.63) is 65.1 Å². The van der Waals surface area contributed by atoms with Crippen molar-refractivity contribution in [2.75, 3.05) is 5.32 Å². The summed E-state index contributed by atoms with van der Waals surface area (Å²) in [5.74, 6) is -1.60. The Bertz CT molecular complexity index is 1180. The molecule has 0 fully saturated rings. The average molecular weight is 436 g/mol. The van der Waals surface area contributed by atoms with Crippen molar-refractivity contribution in [3.63, 3.8) is 0 Å². The van der Waals surface area contributed by atoms with Crippen LogP contribution in [-0.4, -0.2) is 25.4 Å². The van der Waals surface area contributed by atoms with Crippen molar-refractivity contribution >= 4 is 44.1 Å².